The van der Waals surface area contributed by atoms with Crippen molar-refractivity contribution in [3.63, 3.8) is 0 Å². The molecule has 0 aromatic heterocycles. The number of aliphatic imine (C=N–C) groups is 1. The molecule has 0 saturated carbocycles. The van der Waals surface area contributed by atoms with Crippen molar-refractivity contribution in [1.29, 1.82) is 0 Å². The first-order valence-electron chi connectivity index (χ1n) is 4.06. The summed E-state index contributed by atoms with van der Waals surface area (Å²) >= 11 is 0. The van der Waals surface area contributed by atoms with Crippen molar-refractivity contribution in [3.05, 3.63) is 23.3 Å². The Morgan fingerprint density at radius 2 is 1.83 bits per heavy atom. The van der Waals surface area contributed by atoms with E-state index in [9.17, 15) is 0 Å². The topological polar surface area (TPSA) is 26.5 Å². The first-order valence-corrected chi connectivity index (χ1v) is 4.06. The second kappa shape index (κ2) is 2.34. The van der Waals surface area contributed by atoms with Crippen LogP contribution < -0.4 is 5.32 Å². The molecule has 2 heteroatoms. The average molecular weight is 159 g/mol. The smallest absolute Gasteiger partial charge is 0.126 e. The lowest BCUT2D eigenvalue weighted by Gasteiger charge is -2.02. The zero-order chi connectivity index (χ0) is 8.72. The van der Waals surface area contributed by atoms with E-state index in [0.29, 0.717) is 0 Å². The van der Waals surface area contributed by atoms with Gasteiger partial charge in [0.05, 0.1) is 11.4 Å². The Kier molecular flexibility index (Phi) is 1.43. The van der Waals surface area contributed by atoms with Crippen LogP contribution in [0.4, 0.5) is 11.4 Å². The van der Waals surface area contributed by atoms with Crippen LogP contribution >= 0.6 is 0 Å². The number of hydrogen-bond donors (Lipinski definition) is 0. The summed E-state index contributed by atoms with van der Waals surface area (Å²) in [6, 6.07) is 4.11. The Labute approximate surface area is 72.3 Å². The lowest BCUT2D eigenvalue weighted by molar-refractivity contribution is 1.27. The number of benzene rings is 1. The molecular weight excluding hydrogens is 148 g/mol. The summed E-state index contributed by atoms with van der Waals surface area (Å²) in [6.45, 7) is 6.11. The van der Waals surface area contributed by atoms with Crippen LogP contribution in [0.1, 0.15) is 18.1 Å². The van der Waals surface area contributed by atoms with Crippen molar-refractivity contribution in [3.8, 4) is 0 Å². The molecule has 0 spiro atoms. The first-order chi connectivity index (χ1) is 5.68. The molecule has 61 valence electrons. The highest BCUT2D eigenvalue weighted by atomic mass is 15.1. The van der Waals surface area contributed by atoms with Crippen molar-refractivity contribution in [1.82, 2.24) is 5.32 Å². The van der Waals surface area contributed by atoms with E-state index in [-0.39, 0.29) is 0 Å². The number of amidine groups is 1. The van der Waals surface area contributed by atoms with Crippen molar-refractivity contribution < 1.29 is 0 Å². The molecule has 0 amide bonds. The SMILES string of the molecule is CC1=Nc2c(ccc(C)c2C)[N]1. The van der Waals surface area contributed by atoms with Gasteiger partial charge in [0.25, 0.3) is 0 Å². The van der Waals surface area contributed by atoms with E-state index in [1.165, 1.54) is 11.1 Å². The second-order valence-corrected chi connectivity index (χ2v) is 3.15. The summed E-state index contributed by atoms with van der Waals surface area (Å²) in [5.74, 6) is 0.860. The maximum atomic E-state index is 4.36. The Bertz CT molecular complexity index is 364. The molecule has 1 heterocycles. The molecule has 0 unspecified atom stereocenters. The predicted octanol–water partition coefficient (Wildman–Crippen LogP) is 2.60. The summed E-state index contributed by atoms with van der Waals surface area (Å²) in [5, 5.41) is 4.30. The molecule has 1 aliphatic rings. The second-order valence-electron chi connectivity index (χ2n) is 3.15. The number of nitrogens with zero attached hydrogens (tertiary/aromatic N) is 2. The fourth-order valence-corrected chi connectivity index (χ4v) is 1.38. The molecule has 1 aromatic rings. The molecule has 1 radical (unpaired) electrons. The highest BCUT2D eigenvalue weighted by Crippen LogP contribution is 2.35. The van der Waals surface area contributed by atoms with Gasteiger partial charge in [-0.25, -0.2) is 10.3 Å². The van der Waals surface area contributed by atoms with Gasteiger partial charge in [-0.15, -0.1) is 0 Å². The van der Waals surface area contributed by atoms with Crippen molar-refractivity contribution >= 4 is 17.2 Å². The predicted molar refractivity (Wildman–Crippen MR) is 50.5 cm³/mol. The van der Waals surface area contributed by atoms with Gasteiger partial charge in [0, 0.05) is 0 Å². The summed E-state index contributed by atoms with van der Waals surface area (Å²) in [7, 11) is 0. The zero-order valence-electron chi connectivity index (χ0n) is 7.55. The number of fused-ring (bicyclic) bond motifs is 1. The van der Waals surface area contributed by atoms with Crippen LogP contribution in [0.25, 0.3) is 0 Å². The van der Waals surface area contributed by atoms with Gasteiger partial charge in [-0.3, -0.25) is 0 Å². The van der Waals surface area contributed by atoms with E-state index < -0.39 is 0 Å². The van der Waals surface area contributed by atoms with Crippen LogP contribution in [-0.2, 0) is 0 Å². The summed E-state index contributed by atoms with van der Waals surface area (Å²) in [5.41, 5.74) is 4.58. The molecule has 2 nitrogen and oxygen atoms in total. The van der Waals surface area contributed by atoms with Crippen molar-refractivity contribution in [2.45, 2.75) is 20.8 Å². The largest absolute Gasteiger partial charge is 0.232 e. The van der Waals surface area contributed by atoms with Crippen LogP contribution in [0, 0.1) is 13.8 Å². The fraction of sp³-hybridized carbons (Fsp3) is 0.300. The third-order valence-corrected chi connectivity index (χ3v) is 2.24. The highest BCUT2D eigenvalue weighted by Gasteiger charge is 2.14. The van der Waals surface area contributed by atoms with E-state index in [1.54, 1.807) is 0 Å². The van der Waals surface area contributed by atoms with Crippen LogP contribution in [-0.4, -0.2) is 5.84 Å². The number of aryl methyl sites for hydroxylation is 1. The summed E-state index contributed by atoms with van der Waals surface area (Å²) in [4.78, 5) is 4.36. The minimum atomic E-state index is 0.860. The van der Waals surface area contributed by atoms with Gasteiger partial charge in [0.2, 0.25) is 0 Å². The molecule has 0 saturated heterocycles. The van der Waals surface area contributed by atoms with Crippen LogP contribution in [0.5, 0.6) is 0 Å². The van der Waals surface area contributed by atoms with E-state index >= 15 is 0 Å². The number of rotatable bonds is 0. The van der Waals surface area contributed by atoms with Crippen molar-refractivity contribution in [2.75, 3.05) is 0 Å². The first kappa shape index (κ1) is 7.35. The zero-order valence-corrected chi connectivity index (χ0v) is 7.55. The minimum absolute atomic E-state index is 0.860. The van der Waals surface area contributed by atoms with Gasteiger partial charge in [-0.2, -0.15) is 0 Å². The van der Waals surface area contributed by atoms with Crippen LogP contribution in [0.2, 0.25) is 0 Å². The molecule has 2 rings (SSSR count). The molecule has 0 N–H and O–H groups in total. The third-order valence-electron chi connectivity index (χ3n) is 2.24. The van der Waals surface area contributed by atoms with Gasteiger partial charge >= 0.3 is 0 Å². The van der Waals surface area contributed by atoms with Gasteiger partial charge in [0.15, 0.2) is 0 Å². The van der Waals surface area contributed by atoms with E-state index in [2.05, 4.69) is 30.2 Å². The molecule has 12 heavy (non-hydrogen) atoms. The lowest BCUT2D eigenvalue weighted by atomic mass is 10.1. The molecule has 0 fully saturated rings. The Hall–Kier alpha value is -1.31. The fourth-order valence-electron chi connectivity index (χ4n) is 1.38. The van der Waals surface area contributed by atoms with E-state index in [4.69, 9.17) is 0 Å². The minimum Gasteiger partial charge on any atom is -0.232 e. The quantitative estimate of drug-likeness (QED) is 0.556. The Morgan fingerprint density at radius 1 is 1.08 bits per heavy atom. The third kappa shape index (κ3) is 0.916. The highest BCUT2D eigenvalue weighted by molar-refractivity contribution is 5.95. The van der Waals surface area contributed by atoms with Crippen LogP contribution in [0.15, 0.2) is 17.1 Å². The summed E-state index contributed by atoms with van der Waals surface area (Å²) < 4.78 is 0. The van der Waals surface area contributed by atoms with Gasteiger partial charge in [0.1, 0.15) is 5.84 Å². The molecular formula is C10H11N2. The van der Waals surface area contributed by atoms with Crippen LogP contribution in [0.3, 0.4) is 0 Å². The monoisotopic (exact) mass is 159 g/mol. The molecule has 0 aliphatic carbocycles. The normalized spacial score (nSPS) is 13.8. The van der Waals surface area contributed by atoms with Crippen molar-refractivity contribution in [2.24, 2.45) is 4.99 Å². The summed E-state index contributed by atoms with van der Waals surface area (Å²) in [6.07, 6.45) is 0. The maximum absolute atomic E-state index is 4.36. The Morgan fingerprint density at radius 3 is 2.58 bits per heavy atom. The standard InChI is InChI=1S/C10H11N2/c1-6-4-5-9-10(7(6)2)12-8(3)11-9/h4-5H,1-3H3. The lowest BCUT2D eigenvalue weighted by Crippen LogP contribution is -1.98. The van der Waals surface area contributed by atoms with E-state index in [1.807, 2.05) is 13.0 Å². The molecule has 1 aromatic carbocycles. The van der Waals surface area contributed by atoms with Gasteiger partial charge < -0.3 is 0 Å². The molecule has 1 aliphatic heterocycles. The van der Waals surface area contributed by atoms with Gasteiger partial charge in [-0.1, -0.05) is 6.07 Å². The van der Waals surface area contributed by atoms with Gasteiger partial charge in [-0.05, 0) is 38.0 Å². The average Bonchev–Trinajstić information content (AvgIpc) is 2.39. The molecule has 0 bridgehead atoms. The maximum Gasteiger partial charge on any atom is 0.126 e. The molecule has 0 atom stereocenters. The van der Waals surface area contributed by atoms with E-state index in [0.717, 1.165) is 17.2 Å². The number of hydrogen-bond acceptors (Lipinski definition) is 1. The Balaban J connectivity index is 2.65.